The molecule has 1 atom stereocenters. The predicted octanol–water partition coefficient (Wildman–Crippen LogP) is 5.97. The van der Waals surface area contributed by atoms with E-state index in [2.05, 4.69) is 0 Å². The van der Waals surface area contributed by atoms with Crippen LogP contribution < -0.4 is 9.64 Å². The fraction of sp³-hybridized carbons (Fsp3) is 0.0909. The van der Waals surface area contributed by atoms with Crippen molar-refractivity contribution in [3.05, 3.63) is 89.4 Å². The highest BCUT2D eigenvalue weighted by molar-refractivity contribution is 6.30. The van der Waals surface area contributed by atoms with Crippen molar-refractivity contribution < 1.29 is 14.3 Å². The monoisotopic (exact) mass is 392 g/mol. The molecule has 3 aromatic carbocycles. The largest absolute Gasteiger partial charge is 0.457 e. The molecule has 0 aromatic heterocycles. The first kappa shape index (κ1) is 19.3. The second kappa shape index (κ2) is 8.94. The lowest BCUT2D eigenvalue weighted by Crippen LogP contribution is -2.28. The average Bonchev–Trinajstić information content (AvgIpc) is 2.73. The van der Waals surface area contributed by atoms with Gasteiger partial charge in [0.2, 0.25) is 6.10 Å². The molecule has 0 spiro atoms. The molecule has 0 aliphatic rings. The Kier molecular flexibility index (Phi) is 6.15. The molecule has 6 heteroatoms. The standard InChI is InChI=1S/C22H17ClN2O3/c1-25(18-12-10-17(23)11-13-18)22(26)28-21(15-24)16-6-5-9-20(14-16)27-19-7-3-2-4-8-19/h2-14,21H,1H3. The van der Waals surface area contributed by atoms with Crippen molar-refractivity contribution >= 4 is 23.4 Å². The fourth-order valence-corrected chi connectivity index (χ4v) is 2.61. The van der Waals surface area contributed by atoms with Crippen molar-refractivity contribution in [1.82, 2.24) is 0 Å². The van der Waals surface area contributed by atoms with Gasteiger partial charge in [-0.05, 0) is 48.5 Å². The minimum atomic E-state index is -1.07. The van der Waals surface area contributed by atoms with Gasteiger partial charge in [-0.1, -0.05) is 41.9 Å². The Balaban J connectivity index is 1.72. The molecule has 28 heavy (non-hydrogen) atoms. The highest BCUT2D eigenvalue weighted by Gasteiger charge is 2.20. The van der Waals surface area contributed by atoms with Gasteiger partial charge in [-0.3, -0.25) is 4.90 Å². The third-order valence-corrected chi connectivity index (χ3v) is 4.22. The normalized spacial score (nSPS) is 11.2. The highest BCUT2D eigenvalue weighted by Crippen LogP contribution is 2.27. The van der Waals surface area contributed by atoms with Gasteiger partial charge in [0.1, 0.15) is 17.6 Å². The number of carbonyl (C=O) groups excluding carboxylic acids is 1. The first-order valence-electron chi connectivity index (χ1n) is 8.49. The van der Waals surface area contributed by atoms with Gasteiger partial charge in [0.25, 0.3) is 0 Å². The fourth-order valence-electron chi connectivity index (χ4n) is 2.48. The molecule has 0 saturated heterocycles. The van der Waals surface area contributed by atoms with E-state index < -0.39 is 12.2 Å². The number of halogens is 1. The number of nitriles is 1. The molecule has 1 unspecified atom stereocenters. The van der Waals surface area contributed by atoms with Crippen molar-refractivity contribution in [3.8, 4) is 17.6 Å². The number of rotatable bonds is 5. The summed E-state index contributed by atoms with van der Waals surface area (Å²) in [5.74, 6) is 1.22. The van der Waals surface area contributed by atoms with E-state index >= 15 is 0 Å². The molecule has 3 rings (SSSR count). The first-order valence-corrected chi connectivity index (χ1v) is 8.87. The Morgan fingerprint density at radius 1 is 1.00 bits per heavy atom. The van der Waals surface area contributed by atoms with E-state index in [-0.39, 0.29) is 0 Å². The van der Waals surface area contributed by atoms with E-state index in [1.54, 1.807) is 55.6 Å². The van der Waals surface area contributed by atoms with E-state index in [9.17, 15) is 10.1 Å². The van der Waals surface area contributed by atoms with Gasteiger partial charge in [-0.2, -0.15) is 5.26 Å². The summed E-state index contributed by atoms with van der Waals surface area (Å²) in [4.78, 5) is 13.7. The lowest BCUT2D eigenvalue weighted by Gasteiger charge is -2.20. The predicted molar refractivity (Wildman–Crippen MR) is 108 cm³/mol. The number of anilines is 1. The molecule has 0 fully saturated rings. The van der Waals surface area contributed by atoms with Gasteiger partial charge in [0.15, 0.2) is 0 Å². The summed E-state index contributed by atoms with van der Waals surface area (Å²) in [6.45, 7) is 0. The Hall–Kier alpha value is -3.49. The molecule has 0 bridgehead atoms. The number of carbonyl (C=O) groups is 1. The summed E-state index contributed by atoms with van der Waals surface area (Å²) in [6.07, 6.45) is -1.72. The molecule has 0 N–H and O–H groups in total. The number of benzene rings is 3. The summed E-state index contributed by atoms with van der Waals surface area (Å²) in [5, 5.41) is 10.1. The molecule has 5 nitrogen and oxygen atoms in total. The maximum atomic E-state index is 12.4. The number of ether oxygens (including phenoxy) is 2. The number of hydrogen-bond acceptors (Lipinski definition) is 4. The Labute approximate surface area is 168 Å². The van der Waals surface area contributed by atoms with E-state index in [1.165, 1.54) is 4.90 Å². The van der Waals surface area contributed by atoms with Crippen LogP contribution in [0.2, 0.25) is 5.02 Å². The minimum Gasteiger partial charge on any atom is -0.457 e. The lowest BCUT2D eigenvalue weighted by atomic mass is 10.1. The van der Waals surface area contributed by atoms with Crippen molar-refractivity contribution in [2.45, 2.75) is 6.10 Å². The third kappa shape index (κ3) is 4.81. The second-order valence-electron chi connectivity index (χ2n) is 5.92. The zero-order valence-corrected chi connectivity index (χ0v) is 15.8. The van der Waals surface area contributed by atoms with Gasteiger partial charge in [-0.25, -0.2) is 4.79 Å². The molecule has 140 valence electrons. The van der Waals surface area contributed by atoms with Crippen LogP contribution in [0.15, 0.2) is 78.9 Å². The van der Waals surface area contributed by atoms with Crippen molar-refractivity contribution in [3.63, 3.8) is 0 Å². The molecule has 0 radical (unpaired) electrons. The van der Waals surface area contributed by atoms with Gasteiger partial charge < -0.3 is 9.47 Å². The van der Waals surface area contributed by atoms with Crippen LogP contribution in [0, 0.1) is 11.3 Å². The topological polar surface area (TPSA) is 62.6 Å². The molecule has 1 amide bonds. The van der Waals surface area contributed by atoms with E-state index in [4.69, 9.17) is 21.1 Å². The van der Waals surface area contributed by atoms with Crippen molar-refractivity contribution in [1.29, 1.82) is 5.26 Å². The van der Waals surface area contributed by atoms with Gasteiger partial charge in [0, 0.05) is 23.3 Å². The third-order valence-electron chi connectivity index (χ3n) is 3.96. The smallest absolute Gasteiger partial charge is 0.415 e. The molecule has 0 aliphatic carbocycles. The van der Waals surface area contributed by atoms with Crippen LogP contribution in [0.3, 0.4) is 0 Å². The molecule has 0 aliphatic heterocycles. The minimum absolute atomic E-state index is 0.522. The van der Waals surface area contributed by atoms with Gasteiger partial charge in [-0.15, -0.1) is 0 Å². The van der Waals surface area contributed by atoms with E-state index in [0.29, 0.717) is 27.8 Å². The van der Waals surface area contributed by atoms with Crippen LogP contribution in [0.1, 0.15) is 11.7 Å². The molecular weight excluding hydrogens is 376 g/mol. The van der Waals surface area contributed by atoms with Crippen LogP contribution in [-0.4, -0.2) is 13.1 Å². The maximum Gasteiger partial charge on any atom is 0.415 e. The zero-order valence-electron chi connectivity index (χ0n) is 15.1. The average molecular weight is 393 g/mol. The second-order valence-corrected chi connectivity index (χ2v) is 6.35. The van der Waals surface area contributed by atoms with Crippen LogP contribution in [0.25, 0.3) is 0 Å². The van der Waals surface area contributed by atoms with Crippen LogP contribution in [0.4, 0.5) is 10.5 Å². The maximum absolute atomic E-state index is 12.4. The quantitative estimate of drug-likeness (QED) is 0.536. The lowest BCUT2D eigenvalue weighted by molar-refractivity contribution is 0.131. The van der Waals surface area contributed by atoms with Crippen LogP contribution in [-0.2, 0) is 4.74 Å². The molecule has 3 aromatic rings. The number of para-hydroxylation sites is 1. The van der Waals surface area contributed by atoms with E-state index in [1.807, 2.05) is 36.4 Å². The first-order chi connectivity index (χ1) is 13.6. The Morgan fingerprint density at radius 2 is 1.68 bits per heavy atom. The zero-order chi connectivity index (χ0) is 19.9. The Bertz CT molecular complexity index is 985. The molecule has 0 saturated carbocycles. The van der Waals surface area contributed by atoms with Crippen molar-refractivity contribution in [2.24, 2.45) is 0 Å². The summed E-state index contributed by atoms with van der Waals surface area (Å²) >= 11 is 5.87. The van der Waals surface area contributed by atoms with Gasteiger partial charge in [0.05, 0.1) is 0 Å². The number of amides is 1. The molecule has 0 heterocycles. The van der Waals surface area contributed by atoms with Crippen LogP contribution in [0.5, 0.6) is 11.5 Å². The molecular formula is C22H17ClN2O3. The summed E-state index contributed by atoms with van der Waals surface area (Å²) in [6, 6.07) is 24.9. The Morgan fingerprint density at radius 3 is 2.36 bits per heavy atom. The highest BCUT2D eigenvalue weighted by atomic mass is 35.5. The van der Waals surface area contributed by atoms with E-state index in [0.717, 1.165) is 0 Å². The van der Waals surface area contributed by atoms with Gasteiger partial charge >= 0.3 is 6.09 Å². The number of hydrogen-bond donors (Lipinski definition) is 0. The van der Waals surface area contributed by atoms with Crippen LogP contribution >= 0.6 is 11.6 Å². The summed E-state index contributed by atoms with van der Waals surface area (Å²) in [7, 11) is 1.56. The SMILES string of the molecule is CN(C(=O)OC(C#N)c1cccc(Oc2ccccc2)c1)c1ccc(Cl)cc1. The number of nitrogens with zero attached hydrogens (tertiary/aromatic N) is 2. The summed E-state index contributed by atoms with van der Waals surface area (Å²) in [5.41, 5.74) is 1.13. The van der Waals surface area contributed by atoms with Crippen molar-refractivity contribution in [2.75, 3.05) is 11.9 Å². The summed E-state index contributed by atoms with van der Waals surface area (Å²) < 4.78 is 11.1.